The Balaban J connectivity index is 1.56. The van der Waals surface area contributed by atoms with Crippen molar-refractivity contribution in [3.63, 3.8) is 0 Å². The zero-order valence-corrected chi connectivity index (χ0v) is 18.8. The Kier molecular flexibility index (Phi) is 5.97. The van der Waals surface area contributed by atoms with Crippen molar-refractivity contribution < 1.29 is 13.9 Å². The van der Waals surface area contributed by atoms with Gasteiger partial charge in [0.05, 0.1) is 16.8 Å². The molecule has 0 bridgehead atoms. The van der Waals surface area contributed by atoms with E-state index in [1.807, 2.05) is 33.0 Å². The molecule has 0 saturated heterocycles. The molecule has 0 aliphatic heterocycles. The molecule has 0 spiro atoms. The number of aromatic nitrogens is 2. The molecule has 1 aliphatic carbocycles. The van der Waals surface area contributed by atoms with E-state index in [1.54, 1.807) is 19.4 Å². The first kappa shape index (κ1) is 22.0. The fourth-order valence-electron chi connectivity index (χ4n) is 3.90. The molecule has 0 unspecified atom stereocenters. The van der Waals surface area contributed by atoms with Crippen LogP contribution in [0.4, 0.5) is 20.7 Å². The first-order valence-corrected chi connectivity index (χ1v) is 10.7. The quantitative estimate of drug-likeness (QED) is 0.495. The standard InChI is InChI=1S/C24H28FN5O2/c1-14-9-19(25)21(30-23(31)27-8-7-24(32-4)5-6-24)11-17(14)18-10-16-13-28-22(26-3)12-20(16)29-15(18)2/h9-13H,5-8H2,1-4H3,(H,26,28)(H2,27,30,31). The molecule has 2 heterocycles. The monoisotopic (exact) mass is 437 g/mol. The molecule has 0 atom stereocenters. The lowest BCUT2D eigenvalue weighted by Gasteiger charge is -2.16. The van der Waals surface area contributed by atoms with E-state index < -0.39 is 11.8 Å². The number of pyridine rings is 2. The number of ether oxygens (including phenoxy) is 1. The van der Waals surface area contributed by atoms with E-state index in [0.29, 0.717) is 6.54 Å². The third-order valence-corrected chi connectivity index (χ3v) is 6.11. The maximum absolute atomic E-state index is 14.6. The van der Waals surface area contributed by atoms with Gasteiger partial charge in [0.15, 0.2) is 0 Å². The fourth-order valence-corrected chi connectivity index (χ4v) is 3.90. The van der Waals surface area contributed by atoms with Crippen LogP contribution in [0, 0.1) is 19.7 Å². The van der Waals surface area contributed by atoms with Crippen LogP contribution in [0.2, 0.25) is 0 Å². The Morgan fingerprint density at radius 2 is 1.97 bits per heavy atom. The van der Waals surface area contributed by atoms with Gasteiger partial charge in [0.25, 0.3) is 0 Å². The lowest BCUT2D eigenvalue weighted by Crippen LogP contribution is -2.32. The van der Waals surface area contributed by atoms with Crippen molar-refractivity contribution in [1.29, 1.82) is 0 Å². The van der Waals surface area contributed by atoms with Crippen LogP contribution >= 0.6 is 0 Å². The third-order valence-electron chi connectivity index (χ3n) is 6.11. The molecule has 2 amide bonds. The number of carbonyl (C=O) groups is 1. The number of halogens is 1. The highest BCUT2D eigenvalue weighted by Crippen LogP contribution is 2.41. The lowest BCUT2D eigenvalue weighted by molar-refractivity contribution is 0.0736. The number of nitrogens with zero attached hydrogens (tertiary/aromatic N) is 2. The average molecular weight is 438 g/mol. The molecule has 1 aromatic carbocycles. The van der Waals surface area contributed by atoms with Crippen molar-refractivity contribution in [2.45, 2.75) is 38.7 Å². The molecule has 8 heteroatoms. The SMILES string of the molecule is CNc1cc2nc(C)c(-c3cc(NC(=O)NCCC4(OC)CC4)c(F)cc3C)cc2cn1. The van der Waals surface area contributed by atoms with E-state index in [1.165, 1.54) is 6.07 Å². The van der Waals surface area contributed by atoms with Crippen molar-refractivity contribution in [2.24, 2.45) is 0 Å². The first-order chi connectivity index (χ1) is 15.3. The normalized spacial score (nSPS) is 14.3. The number of rotatable bonds is 7. The minimum atomic E-state index is -0.483. The summed E-state index contributed by atoms with van der Waals surface area (Å²) in [5.41, 5.74) is 4.10. The first-order valence-electron chi connectivity index (χ1n) is 10.7. The van der Waals surface area contributed by atoms with Crippen LogP contribution in [0.25, 0.3) is 22.0 Å². The number of methoxy groups -OCH3 is 1. The fraction of sp³-hybridized carbons (Fsp3) is 0.375. The summed E-state index contributed by atoms with van der Waals surface area (Å²) in [6.45, 7) is 4.23. The van der Waals surface area contributed by atoms with Gasteiger partial charge in [0.1, 0.15) is 11.6 Å². The highest BCUT2D eigenvalue weighted by atomic mass is 19.1. The van der Waals surface area contributed by atoms with Crippen molar-refractivity contribution >= 4 is 28.4 Å². The molecule has 3 aromatic rings. The number of urea groups is 1. The second-order valence-electron chi connectivity index (χ2n) is 8.30. The maximum atomic E-state index is 14.6. The highest BCUT2D eigenvalue weighted by Gasteiger charge is 2.42. The Morgan fingerprint density at radius 3 is 2.66 bits per heavy atom. The Hall–Kier alpha value is -3.26. The zero-order valence-electron chi connectivity index (χ0n) is 18.8. The largest absolute Gasteiger partial charge is 0.378 e. The van der Waals surface area contributed by atoms with Crippen LogP contribution in [-0.2, 0) is 4.74 Å². The van der Waals surface area contributed by atoms with Gasteiger partial charge in [-0.15, -0.1) is 0 Å². The van der Waals surface area contributed by atoms with Crippen molar-refractivity contribution in [3.8, 4) is 11.1 Å². The van der Waals surface area contributed by atoms with E-state index in [4.69, 9.17) is 9.72 Å². The van der Waals surface area contributed by atoms with Gasteiger partial charge in [-0.1, -0.05) is 0 Å². The van der Waals surface area contributed by atoms with Gasteiger partial charge in [0, 0.05) is 49.6 Å². The average Bonchev–Trinajstić information content (AvgIpc) is 3.55. The lowest BCUT2D eigenvalue weighted by atomic mass is 9.97. The summed E-state index contributed by atoms with van der Waals surface area (Å²) in [5.74, 6) is 0.259. The van der Waals surface area contributed by atoms with E-state index >= 15 is 0 Å². The second kappa shape index (κ2) is 8.70. The topological polar surface area (TPSA) is 88.2 Å². The molecule has 1 saturated carbocycles. The summed E-state index contributed by atoms with van der Waals surface area (Å²) >= 11 is 0. The van der Waals surface area contributed by atoms with Crippen LogP contribution in [0.5, 0.6) is 0 Å². The number of hydrogen-bond donors (Lipinski definition) is 3. The van der Waals surface area contributed by atoms with Gasteiger partial charge in [0.2, 0.25) is 0 Å². The molecule has 168 valence electrons. The van der Waals surface area contributed by atoms with E-state index in [2.05, 4.69) is 20.9 Å². The van der Waals surface area contributed by atoms with Crippen molar-refractivity contribution in [1.82, 2.24) is 15.3 Å². The number of hydrogen-bond acceptors (Lipinski definition) is 5. The van der Waals surface area contributed by atoms with E-state index in [-0.39, 0.29) is 11.3 Å². The predicted molar refractivity (Wildman–Crippen MR) is 125 cm³/mol. The van der Waals surface area contributed by atoms with Crippen LogP contribution < -0.4 is 16.0 Å². The maximum Gasteiger partial charge on any atom is 0.319 e. The molecular weight excluding hydrogens is 409 g/mol. The van der Waals surface area contributed by atoms with Gasteiger partial charge in [-0.25, -0.2) is 14.2 Å². The van der Waals surface area contributed by atoms with Crippen LogP contribution in [0.15, 0.2) is 30.5 Å². The van der Waals surface area contributed by atoms with Gasteiger partial charge in [-0.2, -0.15) is 0 Å². The van der Waals surface area contributed by atoms with Gasteiger partial charge >= 0.3 is 6.03 Å². The summed E-state index contributed by atoms with van der Waals surface area (Å²) in [7, 11) is 3.50. The molecule has 1 aliphatic rings. The summed E-state index contributed by atoms with van der Waals surface area (Å²) in [6, 6.07) is 6.53. The molecule has 1 fully saturated rings. The molecular formula is C24H28FN5O2. The number of fused-ring (bicyclic) bond motifs is 1. The highest BCUT2D eigenvalue weighted by molar-refractivity contribution is 5.92. The summed E-state index contributed by atoms with van der Waals surface area (Å²) in [5, 5.41) is 9.31. The molecule has 7 nitrogen and oxygen atoms in total. The zero-order chi connectivity index (χ0) is 22.9. The van der Waals surface area contributed by atoms with Crippen molar-refractivity contribution in [3.05, 3.63) is 47.5 Å². The minimum Gasteiger partial charge on any atom is -0.378 e. The van der Waals surface area contributed by atoms with E-state index in [9.17, 15) is 9.18 Å². The van der Waals surface area contributed by atoms with E-state index in [0.717, 1.165) is 58.4 Å². The number of benzene rings is 1. The Bertz CT molecular complexity index is 1180. The molecule has 4 rings (SSSR count). The number of nitrogens with one attached hydrogen (secondary N) is 3. The smallest absolute Gasteiger partial charge is 0.319 e. The Labute approximate surface area is 186 Å². The summed E-state index contributed by atoms with van der Waals surface area (Å²) in [4.78, 5) is 21.4. The molecule has 0 radical (unpaired) electrons. The summed E-state index contributed by atoms with van der Waals surface area (Å²) in [6.07, 6.45) is 4.51. The predicted octanol–water partition coefficient (Wildman–Crippen LogP) is 4.79. The number of anilines is 2. The second-order valence-corrected chi connectivity index (χ2v) is 8.30. The van der Waals surface area contributed by atoms with Crippen LogP contribution in [0.3, 0.4) is 0 Å². The van der Waals surface area contributed by atoms with Crippen molar-refractivity contribution in [2.75, 3.05) is 31.3 Å². The van der Waals surface area contributed by atoms with Gasteiger partial charge in [-0.3, -0.25) is 4.98 Å². The number of carbonyl (C=O) groups excluding carboxylic acids is 1. The molecule has 32 heavy (non-hydrogen) atoms. The molecule has 3 N–H and O–H groups in total. The van der Waals surface area contributed by atoms with Crippen LogP contribution in [-0.4, -0.2) is 42.3 Å². The Morgan fingerprint density at radius 1 is 1.19 bits per heavy atom. The van der Waals surface area contributed by atoms with Gasteiger partial charge in [-0.05, 0) is 62.4 Å². The van der Waals surface area contributed by atoms with Gasteiger partial charge < -0.3 is 20.7 Å². The third kappa shape index (κ3) is 4.50. The number of amides is 2. The number of aryl methyl sites for hydroxylation is 2. The minimum absolute atomic E-state index is 0.0982. The van der Waals surface area contributed by atoms with Crippen LogP contribution in [0.1, 0.15) is 30.5 Å². The molecule has 2 aromatic heterocycles. The summed E-state index contributed by atoms with van der Waals surface area (Å²) < 4.78 is 20.1.